The van der Waals surface area contributed by atoms with Crippen molar-refractivity contribution in [3.63, 3.8) is 0 Å². The number of methoxy groups -OCH3 is 1. The molecule has 0 atom stereocenters. The largest absolute Gasteiger partial charge is 0.495 e. The van der Waals surface area contributed by atoms with Crippen LogP contribution in [0.25, 0.3) is 11.0 Å². The third-order valence-electron chi connectivity index (χ3n) is 3.31. The molecule has 0 fully saturated rings. The Labute approximate surface area is 126 Å². The highest BCUT2D eigenvalue weighted by molar-refractivity contribution is 5.90. The Bertz CT molecular complexity index is 899. The minimum atomic E-state index is -0.366. The van der Waals surface area contributed by atoms with Gasteiger partial charge in [0.05, 0.1) is 18.2 Å². The van der Waals surface area contributed by atoms with Crippen molar-refractivity contribution in [2.45, 2.75) is 0 Å². The molecule has 0 aliphatic rings. The fourth-order valence-corrected chi connectivity index (χ4v) is 2.23. The maximum atomic E-state index is 12.4. The van der Waals surface area contributed by atoms with Gasteiger partial charge in [-0.1, -0.05) is 24.3 Å². The molecule has 1 aromatic heterocycles. The topological polar surface area (TPSA) is 68.5 Å². The minimum Gasteiger partial charge on any atom is -0.495 e. The zero-order chi connectivity index (χ0) is 15.5. The van der Waals surface area contributed by atoms with Gasteiger partial charge in [-0.05, 0) is 24.3 Å². The quantitative estimate of drug-likeness (QED) is 0.747. The molecule has 2 aromatic carbocycles. The number of carbonyl (C=O) groups excluding carboxylic acids is 1. The maximum absolute atomic E-state index is 12.4. The van der Waals surface area contributed by atoms with Crippen LogP contribution in [0.15, 0.2) is 57.7 Å². The van der Waals surface area contributed by atoms with Gasteiger partial charge in [-0.25, -0.2) is 0 Å². The van der Waals surface area contributed by atoms with Crippen LogP contribution in [-0.2, 0) is 0 Å². The van der Waals surface area contributed by atoms with E-state index in [0.717, 1.165) is 0 Å². The molecule has 3 rings (SSSR count). The molecule has 0 saturated carbocycles. The molecule has 0 unspecified atom stereocenters. The van der Waals surface area contributed by atoms with E-state index in [1.54, 1.807) is 36.4 Å². The standard InChI is InChI=1S/C17H13NO4/c1-21-15-9-5-3-7-13(15)18-17-12(10-19)16(20)11-6-2-4-8-14(11)22-17/h2-10,18H,1H3. The molecule has 0 radical (unpaired) electrons. The summed E-state index contributed by atoms with van der Waals surface area (Å²) in [6.45, 7) is 0. The summed E-state index contributed by atoms with van der Waals surface area (Å²) in [5.41, 5.74) is 0.598. The number of carbonyl (C=O) groups is 1. The van der Waals surface area contributed by atoms with Crippen LogP contribution < -0.4 is 15.5 Å². The Morgan fingerprint density at radius 2 is 1.82 bits per heavy atom. The van der Waals surface area contributed by atoms with Crippen molar-refractivity contribution in [3.8, 4) is 5.75 Å². The Kier molecular flexibility index (Phi) is 3.62. The van der Waals surface area contributed by atoms with Crippen molar-refractivity contribution >= 4 is 28.8 Å². The number of hydrogen-bond acceptors (Lipinski definition) is 5. The van der Waals surface area contributed by atoms with E-state index in [1.165, 1.54) is 7.11 Å². The van der Waals surface area contributed by atoms with Crippen molar-refractivity contribution in [2.24, 2.45) is 0 Å². The average Bonchev–Trinajstić information content (AvgIpc) is 2.56. The second-order valence-electron chi connectivity index (χ2n) is 4.61. The second-order valence-corrected chi connectivity index (χ2v) is 4.61. The van der Waals surface area contributed by atoms with Crippen LogP contribution in [0.2, 0.25) is 0 Å². The molecule has 0 bridgehead atoms. The number of nitrogens with one attached hydrogen (secondary N) is 1. The molecule has 22 heavy (non-hydrogen) atoms. The average molecular weight is 295 g/mol. The predicted octanol–water partition coefficient (Wildman–Crippen LogP) is 3.36. The summed E-state index contributed by atoms with van der Waals surface area (Å²) in [5.74, 6) is 0.679. The van der Waals surface area contributed by atoms with Crippen molar-refractivity contribution in [1.29, 1.82) is 0 Å². The van der Waals surface area contributed by atoms with Crippen molar-refractivity contribution in [1.82, 2.24) is 0 Å². The molecule has 3 aromatic rings. The van der Waals surface area contributed by atoms with Gasteiger partial charge in [-0.3, -0.25) is 9.59 Å². The zero-order valence-corrected chi connectivity index (χ0v) is 11.8. The van der Waals surface area contributed by atoms with Crippen LogP contribution in [0.3, 0.4) is 0 Å². The molecular weight excluding hydrogens is 282 g/mol. The van der Waals surface area contributed by atoms with E-state index in [1.807, 2.05) is 12.1 Å². The van der Waals surface area contributed by atoms with Gasteiger partial charge in [0.25, 0.3) is 0 Å². The monoisotopic (exact) mass is 295 g/mol. The summed E-state index contributed by atoms with van der Waals surface area (Å²) < 4.78 is 10.9. The van der Waals surface area contributed by atoms with Gasteiger partial charge in [0.1, 0.15) is 16.9 Å². The number of benzene rings is 2. The lowest BCUT2D eigenvalue weighted by atomic mass is 10.1. The van der Waals surface area contributed by atoms with Gasteiger partial charge in [0, 0.05) is 0 Å². The third-order valence-corrected chi connectivity index (χ3v) is 3.31. The Hall–Kier alpha value is -3.08. The summed E-state index contributed by atoms with van der Waals surface area (Å²) in [6.07, 6.45) is 0.496. The van der Waals surface area contributed by atoms with Gasteiger partial charge in [-0.15, -0.1) is 0 Å². The first-order valence-electron chi connectivity index (χ1n) is 6.65. The summed E-state index contributed by atoms with van der Waals surface area (Å²) in [5, 5.41) is 3.32. The molecule has 5 heteroatoms. The van der Waals surface area contributed by atoms with Crippen LogP contribution in [0.5, 0.6) is 5.75 Å². The van der Waals surface area contributed by atoms with Crippen LogP contribution in [0, 0.1) is 0 Å². The molecule has 1 N–H and O–H groups in total. The summed E-state index contributed by atoms with van der Waals surface area (Å²) in [7, 11) is 1.54. The van der Waals surface area contributed by atoms with E-state index in [4.69, 9.17) is 9.15 Å². The lowest BCUT2D eigenvalue weighted by Gasteiger charge is -2.11. The SMILES string of the molecule is COc1ccccc1Nc1oc2ccccc2c(=O)c1C=O. The van der Waals surface area contributed by atoms with Crippen LogP contribution in [-0.4, -0.2) is 13.4 Å². The molecule has 0 amide bonds. The third kappa shape index (κ3) is 2.33. The second kappa shape index (κ2) is 5.73. The first kappa shape index (κ1) is 13.9. The first-order chi connectivity index (χ1) is 10.7. The number of rotatable bonds is 4. The van der Waals surface area contributed by atoms with E-state index >= 15 is 0 Å². The minimum absolute atomic E-state index is 0.0513. The van der Waals surface area contributed by atoms with Crippen molar-refractivity contribution < 1.29 is 13.9 Å². The van der Waals surface area contributed by atoms with Crippen LogP contribution in [0.1, 0.15) is 10.4 Å². The van der Waals surface area contributed by atoms with E-state index in [2.05, 4.69) is 5.32 Å². The summed E-state index contributed by atoms with van der Waals surface area (Å²) in [4.78, 5) is 23.7. The van der Waals surface area contributed by atoms with E-state index in [-0.39, 0.29) is 16.9 Å². The molecule has 0 saturated heterocycles. The predicted molar refractivity (Wildman–Crippen MR) is 84.1 cm³/mol. The first-order valence-corrected chi connectivity index (χ1v) is 6.65. The Morgan fingerprint density at radius 1 is 1.09 bits per heavy atom. The summed E-state index contributed by atoms with van der Waals surface area (Å²) in [6, 6.07) is 14.0. The molecule has 5 nitrogen and oxygen atoms in total. The molecule has 1 heterocycles. The highest BCUT2D eigenvalue weighted by Crippen LogP contribution is 2.29. The number of ether oxygens (including phenoxy) is 1. The van der Waals surface area contributed by atoms with E-state index in [0.29, 0.717) is 28.7 Å². The number of hydrogen-bond donors (Lipinski definition) is 1. The lowest BCUT2D eigenvalue weighted by molar-refractivity contribution is 0.112. The molecule has 110 valence electrons. The van der Waals surface area contributed by atoms with Gasteiger partial charge in [-0.2, -0.15) is 0 Å². The van der Waals surface area contributed by atoms with Crippen LogP contribution >= 0.6 is 0 Å². The summed E-state index contributed by atoms with van der Waals surface area (Å²) >= 11 is 0. The lowest BCUT2D eigenvalue weighted by Crippen LogP contribution is -2.11. The Morgan fingerprint density at radius 3 is 2.59 bits per heavy atom. The molecular formula is C17H13NO4. The number of para-hydroxylation sites is 3. The Balaban J connectivity index is 2.18. The highest BCUT2D eigenvalue weighted by atomic mass is 16.5. The normalized spacial score (nSPS) is 10.4. The highest BCUT2D eigenvalue weighted by Gasteiger charge is 2.15. The zero-order valence-electron chi connectivity index (χ0n) is 11.8. The van der Waals surface area contributed by atoms with Gasteiger partial charge < -0.3 is 14.5 Å². The van der Waals surface area contributed by atoms with Crippen molar-refractivity contribution in [2.75, 3.05) is 12.4 Å². The van der Waals surface area contributed by atoms with E-state index < -0.39 is 0 Å². The number of aldehydes is 1. The van der Waals surface area contributed by atoms with Crippen molar-refractivity contribution in [3.05, 3.63) is 64.3 Å². The fraction of sp³-hybridized carbons (Fsp3) is 0.0588. The van der Waals surface area contributed by atoms with Crippen LogP contribution in [0.4, 0.5) is 11.6 Å². The number of anilines is 2. The number of fused-ring (bicyclic) bond motifs is 1. The van der Waals surface area contributed by atoms with Gasteiger partial charge in [0.15, 0.2) is 6.29 Å². The maximum Gasteiger partial charge on any atom is 0.212 e. The smallest absolute Gasteiger partial charge is 0.212 e. The van der Waals surface area contributed by atoms with Gasteiger partial charge in [0.2, 0.25) is 11.3 Å². The van der Waals surface area contributed by atoms with Gasteiger partial charge >= 0.3 is 0 Å². The van der Waals surface area contributed by atoms with E-state index in [9.17, 15) is 9.59 Å². The molecule has 0 aliphatic carbocycles. The molecule has 0 spiro atoms. The fourth-order valence-electron chi connectivity index (χ4n) is 2.23. The molecule has 0 aliphatic heterocycles.